The molecule has 4 heterocycles. The first kappa shape index (κ1) is 52.1. The monoisotopic (exact) mass is 962 g/mol. The lowest BCUT2D eigenvalue weighted by Gasteiger charge is -2.51. The van der Waals surface area contributed by atoms with E-state index in [2.05, 4.69) is 0 Å². The van der Waals surface area contributed by atoms with Gasteiger partial charge in [-0.05, 0) is 76.0 Å². The Morgan fingerprint density at radius 2 is 1.27 bits per heavy atom. The Labute approximate surface area is 377 Å². The standard InChI is InChI=1S/C42H65F3O21/c43-42(44,45)18-5-1-16(2-6-18)3-8-29(51)59-14-27-31(53)33(55)36(58)39(64-27)61-15-28-32(54)34(56)38(66-40-35(57)30(52)24(50)13-60-40)41(65-28)63-26-12-20-22(48)10-19(46)11-25(20)62-37(26)17-4-7-21(47)23(49)9-17/h3,8,16-28,30-41,46-50,52-58H,1-2,4-7,9-15H2/t16?,17?,18?,19?,20?,21?,22?,23?,24-,25?,26?,27-,28-,30+,31-,32+,33+,34+,35-,36-,37?,38-,39-,40+,41-/m1/s1. The van der Waals surface area contributed by atoms with E-state index in [-0.39, 0.29) is 63.7 Å². The SMILES string of the molecule is O=C(C=CC1CCC(C(F)(F)F)CC1)OC[C@H]1O[C@@H](OC[C@H]2O[C@@H](OC3CC4C(O)CC(O)CC4OC3C3CCC(O)C(O)C3)[C@H](O[C@@H]3OC[C@@H](O)[C@H](O)[C@H]3O)[C@@H](O)[C@H]2O)[C@H](O)[C@@H](O)[C@@H]1O. The van der Waals surface area contributed by atoms with Crippen LogP contribution in [0.3, 0.4) is 0 Å². The number of ether oxygens (including phenoxy) is 8. The Bertz CT molecular complexity index is 1590. The molecule has 4 aliphatic heterocycles. The number of esters is 1. The van der Waals surface area contributed by atoms with Crippen LogP contribution in [0.15, 0.2) is 12.2 Å². The molecule has 4 saturated heterocycles. The highest BCUT2D eigenvalue weighted by Gasteiger charge is 2.55. The molecule has 0 aromatic carbocycles. The van der Waals surface area contributed by atoms with Gasteiger partial charge >= 0.3 is 12.1 Å². The Morgan fingerprint density at radius 3 is 1.97 bits per heavy atom. The van der Waals surface area contributed by atoms with E-state index in [1.807, 2.05) is 0 Å². The first-order valence-corrected chi connectivity index (χ1v) is 22.8. The Morgan fingerprint density at radius 1 is 0.606 bits per heavy atom. The van der Waals surface area contributed by atoms with E-state index in [0.29, 0.717) is 6.42 Å². The summed E-state index contributed by atoms with van der Waals surface area (Å²) in [4.78, 5) is 12.5. The summed E-state index contributed by atoms with van der Waals surface area (Å²) in [7, 11) is 0. The molecule has 0 spiro atoms. The summed E-state index contributed by atoms with van der Waals surface area (Å²) in [6, 6.07) is 0. The molecule has 0 bridgehead atoms. The molecule has 7 rings (SSSR count). The average Bonchev–Trinajstić information content (AvgIpc) is 3.27. The molecular weight excluding hydrogens is 897 g/mol. The van der Waals surface area contributed by atoms with Gasteiger partial charge in [-0.15, -0.1) is 0 Å². The first-order chi connectivity index (χ1) is 31.2. The highest BCUT2D eigenvalue weighted by atomic mass is 19.4. The maximum absolute atomic E-state index is 13.0. The minimum Gasteiger partial charge on any atom is -0.460 e. The van der Waals surface area contributed by atoms with Crippen molar-refractivity contribution in [2.75, 3.05) is 19.8 Å². The van der Waals surface area contributed by atoms with Crippen molar-refractivity contribution in [2.45, 2.75) is 199 Å². The molecule has 7 fully saturated rings. The normalized spacial score (nSPS) is 49.6. The molecule has 12 N–H and O–H groups in total. The molecule has 23 atom stereocenters. The van der Waals surface area contributed by atoms with Gasteiger partial charge in [-0.1, -0.05) is 6.08 Å². The number of fused-ring (bicyclic) bond motifs is 1. The molecule has 9 unspecified atom stereocenters. The van der Waals surface area contributed by atoms with Crippen LogP contribution in [-0.2, 0) is 42.7 Å². The molecule has 3 aliphatic carbocycles. The predicted molar refractivity (Wildman–Crippen MR) is 210 cm³/mol. The molecule has 66 heavy (non-hydrogen) atoms. The van der Waals surface area contributed by atoms with E-state index in [1.54, 1.807) is 0 Å². The maximum atomic E-state index is 13.0. The van der Waals surface area contributed by atoms with Gasteiger partial charge in [-0.25, -0.2) is 4.79 Å². The van der Waals surface area contributed by atoms with E-state index in [0.717, 1.165) is 6.08 Å². The van der Waals surface area contributed by atoms with Crippen molar-refractivity contribution in [1.82, 2.24) is 0 Å². The second-order valence-electron chi connectivity index (χ2n) is 19.0. The van der Waals surface area contributed by atoms with E-state index in [4.69, 9.17) is 37.9 Å². The van der Waals surface area contributed by atoms with Crippen molar-refractivity contribution < 1.29 is 117 Å². The largest absolute Gasteiger partial charge is 0.460 e. The number of rotatable bonds is 12. The lowest BCUT2D eigenvalue weighted by Crippen LogP contribution is -2.65. The van der Waals surface area contributed by atoms with Crippen LogP contribution >= 0.6 is 0 Å². The van der Waals surface area contributed by atoms with Crippen LogP contribution in [0.5, 0.6) is 0 Å². The van der Waals surface area contributed by atoms with Crippen molar-refractivity contribution in [3.63, 3.8) is 0 Å². The fourth-order valence-corrected chi connectivity index (χ4v) is 10.4. The fraction of sp³-hybridized carbons (Fsp3) is 0.929. The third-order valence-corrected chi connectivity index (χ3v) is 14.4. The smallest absolute Gasteiger partial charge is 0.391 e. The summed E-state index contributed by atoms with van der Waals surface area (Å²) in [5.74, 6) is -3.59. The van der Waals surface area contributed by atoms with Gasteiger partial charge in [0.2, 0.25) is 0 Å². The van der Waals surface area contributed by atoms with E-state index in [1.165, 1.54) is 6.08 Å². The quantitative estimate of drug-likeness (QED) is 0.0675. The second kappa shape index (κ2) is 22.1. The van der Waals surface area contributed by atoms with E-state index < -0.39 is 178 Å². The van der Waals surface area contributed by atoms with Crippen LogP contribution in [0.25, 0.3) is 0 Å². The lowest BCUT2D eigenvalue weighted by atomic mass is 9.72. The number of alkyl halides is 3. The summed E-state index contributed by atoms with van der Waals surface area (Å²) in [6.07, 6.45) is -31.4. The van der Waals surface area contributed by atoms with Crippen molar-refractivity contribution in [1.29, 1.82) is 0 Å². The third-order valence-electron chi connectivity index (χ3n) is 14.4. The molecule has 0 aromatic heterocycles. The molecule has 0 radical (unpaired) electrons. The number of carbonyl (C=O) groups is 1. The molecule has 24 heteroatoms. The number of carbonyl (C=O) groups excluding carboxylic acids is 1. The van der Waals surface area contributed by atoms with Crippen LogP contribution in [0.1, 0.15) is 64.2 Å². The molecule has 0 amide bonds. The number of hydrogen-bond donors (Lipinski definition) is 12. The van der Waals surface area contributed by atoms with Gasteiger partial charge in [0.15, 0.2) is 18.9 Å². The molecule has 7 aliphatic rings. The van der Waals surface area contributed by atoms with Gasteiger partial charge in [-0.2, -0.15) is 13.2 Å². The zero-order valence-corrected chi connectivity index (χ0v) is 36.0. The maximum Gasteiger partial charge on any atom is 0.391 e. The van der Waals surface area contributed by atoms with Crippen LogP contribution in [0, 0.1) is 23.7 Å². The number of hydrogen-bond acceptors (Lipinski definition) is 21. The molecular formula is C42H65F3O21. The predicted octanol–water partition coefficient (Wildman–Crippen LogP) is -3.25. The topological polar surface area (TPSA) is 334 Å². The number of halogens is 3. The summed E-state index contributed by atoms with van der Waals surface area (Å²) in [5, 5.41) is 129. The van der Waals surface area contributed by atoms with E-state index in [9.17, 15) is 79.2 Å². The fourth-order valence-electron chi connectivity index (χ4n) is 10.4. The van der Waals surface area contributed by atoms with Gasteiger partial charge < -0.3 is 99.2 Å². The highest BCUT2D eigenvalue weighted by Crippen LogP contribution is 2.44. The Hall–Kier alpha value is -1.76. The van der Waals surface area contributed by atoms with Crippen molar-refractivity contribution >= 4 is 5.97 Å². The third kappa shape index (κ3) is 12.0. The molecule has 0 aromatic rings. The van der Waals surface area contributed by atoms with Crippen molar-refractivity contribution in [2.24, 2.45) is 23.7 Å². The summed E-state index contributed by atoms with van der Waals surface area (Å²) < 4.78 is 86.3. The van der Waals surface area contributed by atoms with Gasteiger partial charge in [0.1, 0.15) is 73.8 Å². The number of allylic oxidation sites excluding steroid dienone is 1. The van der Waals surface area contributed by atoms with Crippen LogP contribution in [0.2, 0.25) is 0 Å². The second-order valence-corrected chi connectivity index (χ2v) is 19.0. The summed E-state index contributed by atoms with van der Waals surface area (Å²) in [6.45, 7) is -1.87. The van der Waals surface area contributed by atoms with E-state index >= 15 is 0 Å². The van der Waals surface area contributed by atoms with Crippen molar-refractivity contribution in [3.8, 4) is 0 Å². The van der Waals surface area contributed by atoms with Crippen molar-refractivity contribution in [3.05, 3.63) is 12.2 Å². The van der Waals surface area contributed by atoms with Crippen LogP contribution < -0.4 is 0 Å². The Balaban J connectivity index is 1.04. The Kier molecular flexibility index (Phi) is 17.5. The highest BCUT2D eigenvalue weighted by molar-refractivity contribution is 5.81. The first-order valence-electron chi connectivity index (χ1n) is 22.8. The summed E-state index contributed by atoms with van der Waals surface area (Å²) >= 11 is 0. The minimum atomic E-state index is -4.29. The van der Waals surface area contributed by atoms with Gasteiger partial charge in [0.25, 0.3) is 0 Å². The zero-order valence-electron chi connectivity index (χ0n) is 36.0. The van der Waals surface area contributed by atoms with Gasteiger partial charge in [0, 0.05) is 12.0 Å². The summed E-state index contributed by atoms with van der Waals surface area (Å²) in [5.41, 5.74) is 0. The van der Waals surface area contributed by atoms with Gasteiger partial charge in [-0.3, -0.25) is 0 Å². The van der Waals surface area contributed by atoms with Crippen LogP contribution in [0.4, 0.5) is 13.2 Å². The molecule has 380 valence electrons. The van der Waals surface area contributed by atoms with Gasteiger partial charge in [0.05, 0.1) is 61.9 Å². The molecule has 3 saturated carbocycles. The lowest BCUT2D eigenvalue weighted by molar-refractivity contribution is -0.376. The zero-order chi connectivity index (χ0) is 47.8. The number of aliphatic hydroxyl groups is 12. The van der Waals surface area contributed by atoms with Crippen LogP contribution in [-0.4, -0.2) is 222 Å². The minimum absolute atomic E-state index is 0.0518. The molecule has 21 nitrogen and oxygen atoms in total. The average molecular weight is 963 g/mol. The number of aliphatic hydroxyl groups excluding tert-OH is 12.